The minimum absolute atomic E-state index is 0.0550. The average molecular weight is 264 g/mol. The number of nitrogens with zero attached hydrogens (tertiary/aromatic N) is 1. The van der Waals surface area contributed by atoms with E-state index in [2.05, 4.69) is 4.98 Å². The highest BCUT2D eigenvalue weighted by Crippen LogP contribution is 2.22. The number of pyridine rings is 1. The van der Waals surface area contributed by atoms with Gasteiger partial charge >= 0.3 is 5.97 Å². The highest BCUT2D eigenvalue weighted by atomic mass is 35.5. The first kappa shape index (κ1) is 13.8. The van der Waals surface area contributed by atoms with Gasteiger partial charge in [-0.1, -0.05) is 6.07 Å². The largest absolute Gasteiger partial charge is 0.466 e. The minimum atomic E-state index is -2.73. The molecule has 0 aromatic carbocycles. The fourth-order valence-electron chi connectivity index (χ4n) is 1.33. The first-order valence-corrected chi connectivity index (χ1v) is 5.60. The number of aromatic nitrogens is 1. The number of carbonyl (C=O) groups is 1. The molecule has 1 aromatic rings. The molecule has 6 heteroatoms. The highest BCUT2D eigenvalue weighted by Gasteiger charge is 2.18. The lowest BCUT2D eigenvalue weighted by molar-refractivity contribution is -0.142. The molecule has 0 atom stereocenters. The van der Waals surface area contributed by atoms with Crippen LogP contribution in [0.4, 0.5) is 8.78 Å². The van der Waals surface area contributed by atoms with E-state index < -0.39 is 18.1 Å². The zero-order valence-corrected chi connectivity index (χ0v) is 10.0. The second kappa shape index (κ2) is 6.49. The summed E-state index contributed by atoms with van der Waals surface area (Å²) < 4.78 is 30.1. The number of esters is 1. The summed E-state index contributed by atoms with van der Waals surface area (Å²) >= 11 is 5.51. The monoisotopic (exact) mass is 263 g/mol. The Hall–Kier alpha value is -1.23. The Balaban J connectivity index is 2.94. The number of ether oxygens (including phenoxy) is 1. The van der Waals surface area contributed by atoms with Crippen molar-refractivity contribution in [3.05, 3.63) is 29.1 Å². The van der Waals surface area contributed by atoms with Crippen molar-refractivity contribution < 1.29 is 18.3 Å². The quantitative estimate of drug-likeness (QED) is 0.606. The summed E-state index contributed by atoms with van der Waals surface area (Å²) in [5.41, 5.74) is 0.123. The van der Waals surface area contributed by atoms with Crippen LogP contribution >= 0.6 is 11.6 Å². The zero-order chi connectivity index (χ0) is 12.8. The molecular weight excluding hydrogens is 252 g/mol. The van der Waals surface area contributed by atoms with Crippen LogP contribution in [0.3, 0.4) is 0 Å². The second-order valence-corrected chi connectivity index (χ2v) is 3.53. The number of hydrogen-bond acceptors (Lipinski definition) is 3. The predicted molar refractivity (Wildman–Crippen MR) is 59.1 cm³/mol. The third kappa shape index (κ3) is 3.93. The van der Waals surface area contributed by atoms with Crippen molar-refractivity contribution in [2.24, 2.45) is 0 Å². The zero-order valence-electron chi connectivity index (χ0n) is 9.25. The third-order valence-electron chi connectivity index (χ3n) is 2.05. The van der Waals surface area contributed by atoms with Gasteiger partial charge in [0.05, 0.1) is 24.6 Å². The van der Waals surface area contributed by atoms with Crippen LogP contribution in [0.2, 0.25) is 0 Å². The fraction of sp³-hybridized carbons (Fsp3) is 0.455. The van der Waals surface area contributed by atoms with Gasteiger partial charge in [-0.15, -0.1) is 11.6 Å². The lowest BCUT2D eigenvalue weighted by atomic mass is 10.1. The van der Waals surface area contributed by atoms with Crippen LogP contribution in [0, 0.1) is 0 Å². The molecule has 0 radical (unpaired) electrons. The Morgan fingerprint density at radius 3 is 2.76 bits per heavy atom. The molecule has 0 bridgehead atoms. The number of alkyl halides is 3. The van der Waals surface area contributed by atoms with Crippen molar-refractivity contribution in [3.8, 4) is 0 Å². The summed E-state index contributed by atoms with van der Waals surface area (Å²) in [5.74, 6) is -0.491. The van der Waals surface area contributed by atoms with Gasteiger partial charge < -0.3 is 4.74 Å². The molecule has 0 unspecified atom stereocenters. The van der Waals surface area contributed by atoms with Crippen molar-refractivity contribution in [3.63, 3.8) is 0 Å². The normalized spacial score (nSPS) is 10.6. The molecule has 0 aliphatic rings. The first-order chi connectivity index (χ1) is 8.08. The Labute approximate surface area is 103 Å². The summed E-state index contributed by atoms with van der Waals surface area (Å²) in [6, 6.07) is 2.95. The van der Waals surface area contributed by atoms with Gasteiger partial charge in [-0.25, -0.2) is 8.78 Å². The van der Waals surface area contributed by atoms with Crippen molar-refractivity contribution in [1.82, 2.24) is 4.98 Å². The van der Waals surface area contributed by atoms with E-state index in [4.69, 9.17) is 16.3 Å². The first-order valence-electron chi connectivity index (χ1n) is 5.06. The van der Waals surface area contributed by atoms with Crippen molar-refractivity contribution >= 4 is 17.6 Å². The van der Waals surface area contributed by atoms with Crippen molar-refractivity contribution in [2.75, 3.05) is 6.61 Å². The van der Waals surface area contributed by atoms with Crippen LogP contribution in [-0.4, -0.2) is 17.6 Å². The topological polar surface area (TPSA) is 39.2 Å². The predicted octanol–water partition coefficient (Wildman–Crippen LogP) is 2.86. The Kier molecular flexibility index (Phi) is 5.28. The molecule has 0 spiro atoms. The molecule has 0 N–H and O–H groups in total. The van der Waals surface area contributed by atoms with Crippen LogP contribution in [0.1, 0.15) is 30.3 Å². The molecular formula is C11H12ClF2NO2. The maximum Gasteiger partial charge on any atom is 0.310 e. The van der Waals surface area contributed by atoms with Crippen molar-refractivity contribution in [2.45, 2.75) is 25.7 Å². The molecule has 0 aliphatic carbocycles. The standard InChI is InChI=1S/C11H12ClF2NO2/c1-2-17-9(16)5-7-3-4-8(6-12)15-10(7)11(13)14/h3-4,11H,2,5-6H2,1H3. The van der Waals surface area contributed by atoms with Crippen LogP contribution < -0.4 is 0 Å². The van der Waals surface area contributed by atoms with E-state index >= 15 is 0 Å². The van der Waals surface area contributed by atoms with Crippen LogP contribution in [0.15, 0.2) is 12.1 Å². The van der Waals surface area contributed by atoms with Crippen molar-refractivity contribution in [1.29, 1.82) is 0 Å². The molecule has 1 heterocycles. The summed E-state index contributed by atoms with van der Waals surface area (Å²) in [7, 11) is 0. The Morgan fingerprint density at radius 1 is 1.53 bits per heavy atom. The van der Waals surface area contributed by atoms with Gasteiger partial charge in [0.1, 0.15) is 5.69 Å². The summed E-state index contributed by atoms with van der Waals surface area (Å²) in [6.07, 6.45) is -2.94. The molecule has 17 heavy (non-hydrogen) atoms. The minimum Gasteiger partial charge on any atom is -0.466 e. The molecule has 0 aliphatic heterocycles. The molecule has 1 aromatic heterocycles. The lowest BCUT2D eigenvalue weighted by Crippen LogP contribution is -2.11. The van der Waals surface area contributed by atoms with E-state index in [0.29, 0.717) is 5.69 Å². The highest BCUT2D eigenvalue weighted by molar-refractivity contribution is 6.16. The van der Waals surface area contributed by atoms with Crippen LogP contribution in [-0.2, 0) is 21.8 Å². The van der Waals surface area contributed by atoms with Gasteiger partial charge in [0.15, 0.2) is 0 Å². The van der Waals surface area contributed by atoms with E-state index in [1.54, 1.807) is 6.92 Å². The molecule has 0 amide bonds. The number of carbonyl (C=O) groups excluding carboxylic acids is 1. The van der Waals surface area contributed by atoms with Crippen LogP contribution in [0.25, 0.3) is 0 Å². The van der Waals surface area contributed by atoms with Gasteiger partial charge in [0.25, 0.3) is 6.43 Å². The van der Waals surface area contributed by atoms with Gasteiger partial charge in [-0.3, -0.25) is 9.78 Å². The van der Waals surface area contributed by atoms with E-state index in [-0.39, 0.29) is 24.5 Å². The third-order valence-corrected chi connectivity index (χ3v) is 2.33. The summed E-state index contributed by atoms with van der Waals surface area (Å²) in [6.45, 7) is 1.87. The maximum atomic E-state index is 12.7. The number of halogens is 3. The lowest BCUT2D eigenvalue weighted by Gasteiger charge is -2.08. The van der Waals surface area contributed by atoms with Gasteiger partial charge in [-0.05, 0) is 18.6 Å². The van der Waals surface area contributed by atoms with Gasteiger partial charge in [-0.2, -0.15) is 0 Å². The second-order valence-electron chi connectivity index (χ2n) is 3.26. The van der Waals surface area contributed by atoms with E-state index in [1.807, 2.05) is 0 Å². The van der Waals surface area contributed by atoms with E-state index in [0.717, 1.165) is 0 Å². The SMILES string of the molecule is CCOC(=O)Cc1ccc(CCl)nc1C(F)F. The summed E-state index contributed by atoms with van der Waals surface area (Å²) in [5, 5.41) is 0. The fourth-order valence-corrected chi connectivity index (χ4v) is 1.48. The van der Waals surface area contributed by atoms with E-state index in [1.165, 1.54) is 12.1 Å². The smallest absolute Gasteiger partial charge is 0.310 e. The van der Waals surface area contributed by atoms with Crippen LogP contribution in [0.5, 0.6) is 0 Å². The van der Waals surface area contributed by atoms with E-state index in [9.17, 15) is 13.6 Å². The Morgan fingerprint density at radius 2 is 2.24 bits per heavy atom. The van der Waals surface area contributed by atoms with Gasteiger partial charge in [0.2, 0.25) is 0 Å². The molecule has 3 nitrogen and oxygen atoms in total. The molecule has 0 saturated heterocycles. The average Bonchev–Trinajstić information content (AvgIpc) is 2.29. The summed E-state index contributed by atoms with van der Waals surface area (Å²) in [4.78, 5) is 14.9. The number of hydrogen-bond donors (Lipinski definition) is 0. The molecule has 0 fully saturated rings. The molecule has 94 valence electrons. The Bertz CT molecular complexity index is 399. The molecule has 0 saturated carbocycles. The van der Waals surface area contributed by atoms with Gasteiger partial charge in [0, 0.05) is 0 Å². The molecule has 1 rings (SSSR count). The maximum absolute atomic E-state index is 12.7. The number of rotatable bonds is 5.